The molecule has 5 nitrogen and oxygen atoms in total. The van der Waals surface area contributed by atoms with E-state index in [9.17, 15) is 4.79 Å². The molecule has 0 fully saturated rings. The number of imidazole rings is 1. The number of rotatable bonds is 5. The smallest absolute Gasteiger partial charge is 0.220 e. The Bertz CT molecular complexity index is 668. The molecular weight excluding hydrogens is 254 g/mol. The van der Waals surface area contributed by atoms with Gasteiger partial charge < -0.3 is 14.7 Å². The second-order valence-electron chi connectivity index (χ2n) is 4.56. The number of carbonyl (C=O) groups excluding carboxylic acids is 1. The van der Waals surface area contributed by atoms with E-state index in [1.165, 1.54) is 0 Å². The van der Waals surface area contributed by atoms with Gasteiger partial charge in [-0.1, -0.05) is 12.1 Å². The number of nitrogens with one attached hydrogen (secondary N) is 2. The summed E-state index contributed by atoms with van der Waals surface area (Å²) in [6.45, 7) is 0.408. The SMILES string of the molecule is O=C(CCc1ccco1)NCc1nc2ccccc2[nH]1. The minimum atomic E-state index is -0.0122. The van der Waals surface area contributed by atoms with Crippen LogP contribution in [-0.4, -0.2) is 15.9 Å². The zero-order valence-corrected chi connectivity index (χ0v) is 10.9. The molecule has 102 valence electrons. The first-order valence-corrected chi connectivity index (χ1v) is 6.54. The van der Waals surface area contributed by atoms with Gasteiger partial charge in [0.2, 0.25) is 5.91 Å². The number of aromatic amines is 1. The van der Waals surface area contributed by atoms with E-state index in [-0.39, 0.29) is 5.91 Å². The van der Waals surface area contributed by atoms with Crippen LogP contribution in [0.25, 0.3) is 11.0 Å². The van der Waals surface area contributed by atoms with E-state index < -0.39 is 0 Å². The number of aryl methyl sites for hydroxylation is 1. The molecule has 5 heteroatoms. The zero-order valence-electron chi connectivity index (χ0n) is 10.9. The molecule has 3 rings (SSSR count). The molecular formula is C15H15N3O2. The van der Waals surface area contributed by atoms with Gasteiger partial charge in [0.1, 0.15) is 11.6 Å². The molecule has 0 aliphatic heterocycles. The van der Waals surface area contributed by atoms with Gasteiger partial charge in [-0.15, -0.1) is 0 Å². The summed E-state index contributed by atoms with van der Waals surface area (Å²) in [7, 11) is 0. The van der Waals surface area contributed by atoms with Crippen LogP contribution in [0, 0.1) is 0 Å². The molecule has 1 amide bonds. The van der Waals surface area contributed by atoms with Crippen LogP contribution >= 0.6 is 0 Å². The van der Waals surface area contributed by atoms with Gasteiger partial charge in [0.25, 0.3) is 0 Å². The Morgan fingerprint density at radius 3 is 2.95 bits per heavy atom. The van der Waals surface area contributed by atoms with Crippen LogP contribution in [0.4, 0.5) is 0 Å². The zero-order chi connectivity index (χ0) is 13.8. The van der Waals surface area contributed by atoms with Crippen LogP contribution in [0.1, 0.15) is 18.0 Å². The molecule has 0 spiro atoms. The quantitative estimate of drug-likeness (QED) is 0.747. The minimum absolute atomic E-state index is 0.0122. The van der Waals surface area contributed by atoms with E-state index in [1.54, 1.807) is 6.26 Å². The molecule has 0 saturated carbocycles. The van der Waals surface area contributed by atoms with Crippen LogP contribution < -0.4 is 5.32 Å². The molecule has 0 radical (unpaired) electrons. The highest BCUT2D eigenvalue weighted by Crippen LogP contribution is 2.10. The van der Waals surface area contributed by atoms with Crippen LogP contribution in [0.15, 0.2) is 47.1 Å². The normalized spacial score (nSPS) is 10.8. The van der Waals surface area contributed by atoms with Crippen molar-refractivity contribution in [1.29, 1.82) is 0 Å². The highest BCUT2D eigenvalue weighted by atomic mass is 16.3. The average Bonchev–Trinajstić information content (AvgIpc) is 3.11. The van der Waals surface area contributed by atoms with Gasteiger partial charge in [-0.3, -0.25) is 4.79 Å². The second-order valence-corrected chi connectivity index (χ2v) is 4.56. The Morgan fingerprint density at radius 2 is 2.15 bits per heavy atom. The summed E-state index contributed by atoms with van der Waals surface area (Å²) in [6.07, 6.45) is 2.63. The summed E-state index contributed by atoms with van der Waals surface area (Å²) in [4.78, 5) is 19.3. The number of nitrogens with zero attached hydrogens (tertiary/aromatic N) is 1. The average molecular weight is 269 g/mol. The van der Waals surface area contributed by atoms with Crippen molar-refractivity contribution in [2.75, 3.05) is 0 Å². The molecule has 0 unspecified atom stereocenters. The van der Waals surface area contributed by atoms with E-state index in [4.69, 9.17) is 4.42 Å². The highest BCUT2D eigenvalue weighted by Gasteiger charge is 2.06. The number of carbonyl (C=O) groups is 1. The van der Waals surface area contributed by atoms with Crippen molar-refractivity contribution < 1.29 is 9.21 Å². The van der Waals surface area contributed by atoms with Crippen molar-refractivity contribution in [1.82, 2.24) is 15.3 Å². The Morgan fingerprint density at radius 1 is 1.25 bits per heavy atom. The highest BCUT2D eigenvalue weighted by molar-refractivity contribution is 5.77. The van der Waals surface area contributed by atoms with E-state index in [1.807, 2.05) is 36.4 Å². The van der Waals surface area contributed by atoms with E-state index in [2.05, 4.69) is 15.3 Å². The molecule has 1 aromatic carbocycles. The number of H-pyrrole nitrogens is 1. The number of aromatic nitrogens is 2. The number of fused-ring (bicyclic) bond motifs is 1. The third kappa shape index (κ3) is 2.88. The van der Waals surface area contributed by atoms with Crippen LogP contribution in [-0.2, 0) is 17.8 Å². The summed E-state index contributed by atoms with van der Waals surface area (Å²) < 4.78 is 5.19. The summed E-state index contributed by atoms with van der Waals surface area (Å²) >= 11 is 0. The molecule has 0 aliphatic carbocycles. The van der Waals surface area contributed by atoms with Crippen molar-refractivity contribution in [3.63, 3.8) is 0 Å². The molecule has 0 aliphatic rings. The van der Waals surface area contributed by atoms with Gasteiger partial charge in [0.15, 0.2) is 0 Å². The first-order chi connectivity index (χ1) is 9.81. The molecule has 2 aromatic heterocycles. The lowest BCUT2D eigenvalue weighted by atomic mass is 10.2. The van der Waals surface area contributed by atoms with Crippen LogP contribution in [0.2, 0.25) is 0 Å². The number of para-hydroxylation sites is 2. The lowest BCUT2D eigenvalue weighted by Crippen LogP contribution is -2.23. The van der Waals surface area contributed by atoms with Crippen molar-refractivity contribution in [3.05, 3.63) is 54.2 Å². The van der Waals surface area contributed by atoms with E-state index in [0.717, 1.165) is 22.6 Å². The van der Waals surface area contributed by atoms with Crippen LogP contribution in [0.5, 0.6) is 0 Å². The fourth-order valence-electron chi connectivity index (χ4n) is 2.05. The summed E-state index contributed by atoms with van der Waals surface area (Å²) in [5.41, 5.74) is 1.89. The molecule has 0 bridgehead atoms. The molecule has 3 aromatic rings. The topological polar surface area (TPSA) is 70.9 Å². The largest absolute Gasteiger partial charge is 0.469 e. The van der Waals surface area contributed by atoms with Crippen molar-refractivity contribution in [2.24, 2.45) is 0 Å². The summed E-state index contributed by atoms with van der Waals surface area (Å²) in [6, 6.07) is 11.5. The Labute approximate surface area is 116 Å². The van der Waals surface area contributed by atoms with E-state index in [0.29, 0.717) is 19.4 Å². The third-order valence-corrected chi connectivity index (χ3v) is 3.07. The summed E-state index contributed by atoms with van der Waals surface area (Å²) in [5.74, 6) is 1.57. The first kappa shape index (κ1) is 12.5. The van der Waals surface area contributed by atoms with Gasteiger partial charge in [-0.2, -0.15) is 0 Å². The monoisotopic (exact) mass is 269 g/mol. The number of amides is 1. The molecule has 20 heavy (non-hydrogen) atoms. The van der Waals surface area contributed by atoms with Gasteiger partial charge in [0, 0.05) is 12.8 Å². The molecule has 0 saturated heterocycles. The van der Waals surface area contributed by atoms with Crippen molar-refractivity contribution in [3.8, 4) is 0 Å². The molecule has 2 N–H and O–H groups in total. The van der Waals surface area contributed by atoms with Crippen molar-refractivity contribution in [2.45, 2.75) is 19.4 Å². The van der Waals surface area contributed by atoms with E-state index >= 15 is 0 Å². The fourth-order valence-corrected chi connectivity index (χ4v) is 2.05. The molecule has 2 heterocycles. The maximum absolute atomic E-state index is 11.7. The fraction of sp³-hybridized carbons (Fsp3) is 0.200. The first-order valence-electron chi connectivity index (χ1n) is 6.54. The number of hydrogen-bond donors (Lipinski definition) is 2. The molecule has 0 atom stereocenters. The van der Waals surface area contributed by atoms with Crippen LogP contribution in [0.3, 0.4) is 0 Å². The standard InChI is InChI=1S/C15H15N3O2/c19-15(8-7-11-4-3-9-20-11)16-10-14-17-12-5-1-2-6-13(12)18-14/h1-6,9H,7-8,10H2,(H,16,19)(H,17,18). The Hall–Kier alpha value is -2.56. The number of furan rings is 1. The van der Waals surface area contributed by atoms with Gasteiger partial charge >= 0.3 is 0 Å². The lowest BCUT2D eigenvalue weighted by Gasteiger charge is -2.01. The van der Waals surface area contributed by atoms with Crippen molar-refractivity contribution >= 4 is 16.9 Å². The number of benzene rings is 1. The lowest BCUT2D eigenvalue weighted by molar-refractivity contribution is -0.121. The maximum Gasteiger partial charge on any atom is 0.220 e. The minimum Gasteiger partial charge on any atom is -0.469 e. The maximum atomic E-state index is 11.7. The third-order valence-electron chi connectivity index (χ3n) is 3.07. The Kier molecular flexibility index (Phi) is 3.50. The van der Waals surface area contributed by atoms with Gasteiger partial charge in [-0.25, -0.2) is 4.98 Å². The second kappa shape index (κ2) is 5.61. The summed E-state index contributed by atoms with van der Waals surface area (Å²) in [5, 5.41) is 2.85. The Balaban J connectivity index is 1.52. The van der Waals surface area contributed by atoms with Gasteiger partial charge in [-0.05, 0) is 24.3 Å². The predicted octanol–water partition coefficient (Wildman–Crippen LogP) is 2.40. The predicted molar refractivity (Wildman–Crippen MR) is 75.0 cm³/mol. The number of hydrogen-bond acceptors (Lipinski definition) is 3. The van der Waals surface area contributed by atoms with Gasteiger partial charge in [0.05, 0.1) is 23.8 Å².